The Labute approximate surface area is 117 Å². The lowest BCUT2D eigenvalue weighted by atomic mass is 10.1. The standard InChI is InChI=1S/C11H18BrN3O2S/c1-4-8(2)7-15(3)18(16,17)10-5-9(12)6-14-11(10)13/h5-6,8H,4,7H2,1-3H3,(H2,13,14). The molecule has 0 bridgehead atoms. The van der Waals surface area contributed by atoms with Crippen molar-refractivity contribution in [2.75, 3.05) is 19.3 Å². The summed E-state index contributed by atoms with van der Waals surface area (Å²) in [5.74, 6) is 0.320. The van der Waals surface area contributed by atoms with Crippen LogP contribution in [-0.2, 0) is 10.0 Å². The normalized spacial score (nSPS) is 13.8. The van der Waals surface area contributed by atoms with Gasteiger partial charge < -0.3 is 5.73 Å². The maximum atomic E-state index is 12.3. The van der Waals surface area contributed by atoms with E-state index in [-0.39, 0.29) is 10.7 Å². The molecule has 0 saturated carbocycles. The van der Waals surface area contributed by atoms with Gasteiger partial charge >= 0.3 is 0 Å². The van der Waals surface area contributed by atoms with E-state index in [4.69, 9.17) is 5.73 Å². The van der Waals surface area contributed by atoms with Gasteiger partial charge in [-0.25, -0.2) is 17.7 Å². The smallest absolute Gasteiger partial charge is 0.246 e. The highest BCUT2D eigenvalue weighted by molar-refractivity contribution is 9.10. The summed E-state index contributed by atoms with van der Waals surface area (Å²) < 4.78 is 26.6. The van der Waals surface area contributed by atoms with Gasteiger partial charge in [-0.2, -0.15) is 0 Å². The van der Waals surface area contributed by atoms with Gasteiger partial charge in [0.05, 0.1) is 0 Å². The van der Waals surface area contributed by atoms with Gasteiger partial charge in [-0.1, -0.05) is 20.3 Å². The van der Waals surface area contributed by atoms with Gasteiger partial charge in [0, 0.05) is 24.3 Å². The van der Waals surface area contributed by atoms with Crippen LogP contribution in [0.15, 0.2) is 21.6 Å². The van der Waals surface area contributed by atoms with Crippen molar-refractivity contribution in [2.24, 2.45) is 5.92 Å². The van der Waals surface area contributed by atoms with Gasteiger partial charge in [-0.3, -0.25) is 0 Å². The lowest BCUT2D eigenvalue weighted by Gasteiger charge is -2.21. The molecule has 1 aromatic heterocycles. The number of rotatable bonds is 5. The number of pyridine rings is 1. The third kappa shape index (κ3) is 3.43. The summed E-state index contributed by atoms with van der Waals surface area (Å²) in [4.78, 5) is 3.90. The van der Waals surface area contributed by atoms with Crippen LogP contribution >= 0.6 is 15.9 Å². The van der Waals surface area contributed by atoms with Gasteiger partial charge in [-0.15, -0.1) is 0 Å². The van der Waals surface area contributed by atoms with Gasteiger partial charge in [0.25, 0.3) is 0 Å². The highest BCUT2D eigenvalue weighted by Crippen LogP contribution is 2.24. The molecule has 1 heterocycles. The van der Waals surface area contributed by atoms with Gasteiger partial charge in [0.1, 0.15) is 10.7 Å². The molecule has 1 atom stereocenters. The maximum absolute atomic E-state index is 12.3. The molecule has 18 heavy (non-hydrogen) atoms. The van der Waals surface area contributed by atoms with E-state index >= 15 is 0 Å². The van der Waals surface area contributed by atoms with Crippen LogP contribution in [0.1, 0.15) is 20.3 Å². The number of nitrogens with zero attached hydrogens (tertiary/aromatic N) is 2. The first-order valence-electron chi connectivity index (χ1n) is 5.66. The van der Waals surface area contributed by atoms with E-state index in [1.807, 2.05) is 13.8 Å². The summed E-state index contributed by atoms with van der Waals surface area (Å²) >= 11 is 3.20. The molecule has 0 aliphatic carbocycles. The fourth-order valence-corrected chi connectivity index (χ4v) is 3.33. The van der Waals surface area contributed by atoms with Crippen molar-refractivity contribution in [1.29, 1.82) is 0 Å². The van der Waals surface area contributed by atoms with E-state index in [9.17, 15) is 8.42 Å². The fourth-order valence-electron chi connectivity index (χ4n) is 1.47. The van der Waals surface area contributed by atoms with Crippen LogP contribution in [-0.4, -0.2) is 31.3 Å². The summed E-state index contributed by atoms with van der Waals surface area (Å²) in [7, 11) is -2.02. The van der Waals surface area contributed by atoms with Gasteiger partial charge in [0.15, 0.2) is 0 Å². The minimum Gasteiger partial charge on any atom is -0.383 e. The van der Waals surface area contributed by atoms with E-state index < -0.39 is 10.0 Å². The van der Waals surface area contributed by atoms with E-state index in [0.29, 0.717) is 16.9 Å². The number of halogens is 1. The molecule has 0 saturated heterocycles. The number of aromatic nitrogens is 1. The number of hydrogen-bond donors (Lipinski definition) is 1. The van der Waals surface area contributed by atoms with Crippen molar-refractivity contribution >= 4 is 31.8 Å². The Morgan fingerprint density at radius 3 is 2.72 bits per heavy atom. The van der Waals surface area contributed by atoms with Crippen molar-refractivity contribution < 1.29 is 8.42 Å². The molecule has 2 N–H and O–H groups in total. The molecule has 7 heteroatoms. The largest absolute Gasteiger partial charge is 0.383 e. The predicted octanol–water partition coefficient (Wildman–Crippen LogP) is 2.09. The second-order valence-corrected chi connectivity index (χ2v) is 7.26. The Kier molecular flexibility index (Phi) is 5.12. The number of hydrogen-bond acceptors (Lipinski definition) is 4. The maximum Gasteiger partial charge on any atom is 0.246 e. The second-order valence-electron chi connectivity index (χ2n) is 4.34. The SMILES string of the molecule is CCC(C)CN(C)S(=O)(=O)c1cc(Br)cnc1N. The average Bonchev–Trinajstić information content (AvgIpc) is 2.31. The number of sulfonamides is 1. The summed E-state index contributed by atoms with van der Waals surface area (Å²) in [6, 6.07) is 1.48. The minimum absolute atomic E-state index is 0.0224. The Morgan fingerprint density at radius 2 is 2.17 bits per heavy atom. The van der Waals surface area contributed by atoms with Crippen LogP contribution in [0, 0.1) is 5.92 Å². The molecule has 1 aromatic rings. The minimum atomic E-state index is -3.58. The highest BCUT2D eigenvalue weighted by atomic mass is 79.9. The zero-order valence-corrected chi connectivity index (χ0v) is 13.1. The monoisotopic (exact) mass is 335 g/mol. The Hall–Kier alpha value is -0.660. The Morgan fingerprint density at radius 1 is 1.56 bits per heavy atom. The molecule has 102 valence electrons. The molecule has 1 unspecified atom stereocenters. The molecule has 0 aromatic carbocycles. The summed E-state index contributed by atoms with van der Waals surface area (Å²) in [6.07, 6.45) is 2.40. The molecule has 0 aliphatic heterocycles. The van der Waals surface area contributed by atoms with Crippen LogP contribution in [0.2, 0.25) is 0 Å². The molecular formula is C11H18BrN3O2S. The first kappa shape index (κ1) is 15.4. The lowest BCUT2D eigenvalue weighted by Crippen LogP contribution is -2.31. The number of nitrogens with two attached hydrogens (primary N) is 1. The van der Waals surface area contributed by atoms with E-state index in [2.05, 4.69) is 20.9 Å². The molecule has 0 radical (unpaired) electrons. The fraction of sp³-hybridized carbons (Fsp3) is 0.545. The highest BCUT2D eigenvalue weighted by Gasteiger charge is 2.25. The second kappa shape index (κ2) is 5.99. The van der Waals surface area contributed by atoms with E-state index in [0.717, 1.165) is 6.42 Å². The van der Waals surface area contributed by atoms with Gasteiger partial charge in [0.2, 0.25) is 10.0 Å². The van der Waals surface area contributed by atoms with E-state index in [1.54, 1.807) is 7.05 Å². The topological polar surface area (TPSA) is 76.3 Å². The van der Waals surface area contributed by atoms with Crippen molar-refractivity contribution in [3.63, 3.8) is 0 Å². The Bertz CT molecular complexity index is 519. The van der Waals surface area contributed by atoms with Crippen LogP contribution in [0.25, 0.3) is 0 Å². The molecule has 5 nitrogen and oxygen atoms in total. The molecule has 1 rings (SSSR count). The van der Waals surface area contributed by atoms with E-state index in [1.165, 1.54) is 16.6 Å². The predicted molar refractivity (Wildman–Crippen MR) is 75.6 cm³/mol. The van der Waals surface area contributed by atoms with Gasteiger partial charge in [-0.05, 0) is 27.9 Å². The van der Waals surface area contributed by atoms with Crippen molar-refractivity contribution in [1.82, 2.24) is 9.29 Å². The third-order valence-electron chi connectivity index (χ3n) is 2.80. The zero-order valence-electron chi connectivity index (χ0n) is 10.7. The molecule has 0 amide bonds. The summed E-state index contributed by atoms with van der Waals surface area (Å²) in [6.45, 7) is 4.50. The summed E-state index contributed by atoms with van der Waals surface area (Å²) in [5, 5.41) is 0. The molecule has 0 aliphatic rings. The third-order valence-corrected chi connectivity index (χ3v) is 5.09. The van der Waals surface area contributed by atoms with Crippen molar-refractivity contribution in [2.45, 2.75) is 25.2 Å². The summed E-state index contributed by atoms with van der Waals surface area (Å²) in [5.41, 5.74) is 5.64. The molecule has 0 fully saturated rings. The van der Waals surface area contributed by atoms with Crippen LogP contribution in [0.3, 0.4) is 0 Å². The zero-order chi connectivity index (χ0) is 13.9. The van der Waals surface area contributed by atoms with Crippen LogP contribution in [0.4, 0.5) is 5.82 Å². The van der Waals surface area contributed by atoms with Crippen LogP contribution in [0.5, 0.6) is 0 Å². The van der Waals surface area contributed by atoms with Crippen molar-refractivity contribution in [3.8, 4) is 0 Å². The number of nitrogen functional groups attached to an aromatic ring is 1. The molecular weight excluding hydrogens is 318 g/mol. The lowest BCUT2D eigenvalue weighted by molar-refractivity contribution is 0.393. The van der Waals surface area contributed by atoms with Crippen LogP contribution < -0.4 is 5.73 Å². The Balaban J connectivity index is 3.09. The first-order chi connectivity index (χ1) is 8.28. The molecule has 0 spiro atoms. The first-order valence-corrected chi connectivity index (χ1v) is 7.89. The van der Waals surface area contributed by atoms with Crippen molar-refractivity contribution in [3.05, 3.63) is 16.7 Å². The number of anilines is 1. The quantitative estimate of drug-likeness (QED) is 0.893. The average molecular weight is 336 g/mol.